The van der Waals surface area contributed by atoms with Crippen molar-refractivity contribution >= 4 is 17.9 Å². The van der Waals surface area contributed by atoms with Gasteiger partial charge < -0.3 is 21.0 Å². The van der Waals surface area contributed by atoms with Gasteiger partial charge in [-0.05, 0) is 48.2 Å². The van der Waals surface area contributed by atoms with Crippen LogP contribution in [0.2, 0.25) is 0 Å². The fourth-order valence-corrected chi connectivity index (χ4v) is 4.88. The van der Waals surface area contributed by atoms with Gasteiger partial charge in [0.1, 0.15) is 11.8 Å². The Bertz CT molecular complexity index is 916. The molecule has 1 atom stereocenters. The molecule has 32 heavy (non-hydrogen) atoms. The van der Waals surface area contributed by atoms with Gasteiger partial charge in [0.2, 0.25) is 0 Å². The lowest BCUT2D eigenvalue weighted by atomic mass is 9.97. The third-order valence-electron chi connectivity index (χ3n) is 6.62. The van der Waals surface area contributed by atoms with Crippen molar-refractivity contribution in [2.75, 3.05) is 44.2 Å². The van der Waals surface area contributed by atoms with Gasteiger partial charge in [0.15, 0.2) is 0 Å². The third-order valence-corrected chi connectivity index (χ3v) is 6.62. The van der Waals surface area contributed by atoms with Crippen molar-refractivity contribution in [3.05, 3.63) is 59.7 Å². The molecular weight excluding hydrogens is 406 g/mol. The summed E-state index contributed by atoms with van der Waals surface area (Å²) in [5.74, 6) is 4.52. The number of carboxylic acids is 1. The van der Waals surface area contributed by atoms with Gasteiger partial charge in [-0.2, -0.15) is 5.10 Å². The molecular formula is C24H31N5O3. The summed E-state index contributed by atoms with van der Waals surface area (Å²) in [6.45, 7) is 5.50. The molecule has 0 aromatic heterocycles. The van der Waals surface area contributed by atoms with E-state index in [2.05, 4.69) is 27.0 Å². The summed E-state index contributed by atoms with van der Waals surface area (Å²) < 4.78 is 0. The van der Waals surface area contributed by atoms with Gasteiger partial charge in [0.25, 0.3) is 0 Å². The summed E-state index contributed by atoms with van der Waals surface area (Å²) in [5.41, 5.74) is 2.92. The number of aliphatic carboxylic acids is 1. The van der Waals surface area contributed by atoms with Crippen LogP contribution < -0.4 is 10.7 Å². The van der Waals surface area contributed by atoms with Gasteiger partial charge in [-0.1, -0.05) is 24.3 Å². The molecule has 2 aliphatic rings. The van der Waals surface area contributed by atoms with Crippen LogP contribution >= 0.6 is 0 Å². The Labute approximate surface area is 188 Å². The number of benzene rings is 2. The highest BCUT2D eigenvalue weighted by molar-refractivity contribution is 5.80. The van der Waals surface area contributed by atoms with E-state index in [1.54, 1.807) is 30.5 Å². The largest absolute Gasteiger partial charge is 0.508 e. The zero-order valence-electron chi connectivity index (χ0n) is 18.2. The number of anilines is 1. The number of rotatable bonds is 6. The van der Waals surface area contributed by atoms with E-state index < -0.39 is 12.0 Å². The van der Waals surface area contributed by atoms with Crippen LogP contribution in [0.25, 0.3) is 0 Å². The monoisotopic (exact) mass is 437 g/mol. The number of hydrazone groups is 1. The Morgan fingerprint density at radius 3 is 2.16 bits per heavy atom. The van der Waals surface area contributed by atoms with Crippen molar-refractivity contribution in [3.63, 3.8) is 0 Å². The van der Waals surface area contributed by atoms with E-state index in [4.69, 9.17) is 5.84 Å². The van der Waals surface area contributed by atoms with Crippen molar-refractivity contribution < 1.29 is 15.0 Å². The minimum Gasteiger partial charge on any atom is -0.508 e. The fraction of sp³-hybridized carbons (Fsp3) is 0.417. The summed E-state index contributed by atoms with van der Waals surface area (Å²) >= 11 is 0. The summed E-state index contributed by atoms with van der Waals surface area (Å²) in [4.78, 5) is 19.0. The van der Waals surface area contributed by atoms with Crippen LogP contribution in [0.3, 0.4) is 0 Å². The first-order valence-electron chi connectivity index (χ1n) is 11.1. The van der Waals surface area contributed by atoms with Crippen LogP contribution in [0.1, 0.15) is 30.0 Å². The van der Waals surface area contributed by atoms with E-state index >= 15 is 0 Å². The molecule has 8 nitrogen and oxygen atoms in total. The molecule has 2 saturated heterocycles. The Morgan fingerprint density at radius 2 is 1.59 bits per heavy atom. The average molecular weight is 438 g/mol. The molecule has 0 amide bonds. The number of phenols is 1. The van der Waals surface area contributed by atoms with Gasteiger partial charge in [-0.15, -0.1) is 0 Å². The van der Waals surface area contributed by atoms with E-state index in [1.807, 2.05) is 17.0 Å². The normalized spacial score (nSPS) is 19.9. The lowest BCUT2D eigenvalue weighted by Crippen LogP contribution is -2.54. The Balaban J connectivity index is 1.30. The number of aromatic hydroxyl groups is 1. The molecule has 0 bridgehead atoms. The maximum Gasteiger partial charge on any atom is 0.325 e. The lowest BCUT2D eigenvalue weighted by molar-refractivity contribution is -0.144. The lowest BCUT2D eigenvalue weighted by Gasteiger charge is -2.44. The molecule has 2 aromatic rings. The van der Waals surface area contributed by atoms with E-state index in [0.717, 1.165) is 57.7 Å². The highest BCUT2D eigenvalue weighted by atomic mass is 16.4. The number of carboxylic acid groups (broad SMARTS) is 1. The minimum absolute atomic E-state index is 0.149. The highest BCUT2D eigenvalue weighted by Gasteiger charge is 2.33. The number of likely N-dealkylation sites (tertiary alicyclic amines) is 1. The summed E-state index contributed by atoms with van der Waals surface area (Å²) in [7, 11) is 0. The Kier molecular flexibility index (Phi) is 6.92. The molecule has 2 aromatic carbocycles. The van der Waals surface area contributed by atoms with Crippen LogP contribution in [-0.2, 0) is 4.79 Å². The molecule has 0 spiro atoms. The molecule has 2 heterocycles. The zero-order valence-corrected chi connectivity index (χ0v) is 18.2. The molecule has 0 aliphatic carbocycles. The topological polar surface area (TPSA) is 106 Å². The summed E-state index contributed by atoms with van der Waals surface area (Å²) in [5, 5.41) is 22.9. The predicted octanol–water partition coefficient (Wildman–Crippen LogP) is 2.10. The van der Waals surface area contributed by atoms with Crippen LogP contribution in [0.15, 0.2) is 53.6 Å². The van der Waals surface area contributed by atoms with Crippen LogP contribution in [0, 0.1) is 0 Å². The predicted molar refractivity (Wildman–Crippen MR) is 125 cm³/mol. The SMILES string of the molecule is NN=Cc1ccc(N2CCN(C3CCN(C(C(=O)O)c4ccc(O)cc4)CC3)CC2)cc1. The van der Waals surface area contributed by atoms with E-state index in [1.165, 1.54) is 5.69 Å². The number of nitrogens with two attached hydrogens (primary N) is 1. The Hall–Kier alpha value is -3.10. The first-order valence-corrected chi connectivity index (χ1v) is 11.1. The van der Waals surface area contributed by atoms with Crippen molar-refractivity contribution in [3.8, 4) is 5.75 Å². The number of piperidine rings is 1. The molecule has 4 rings (SSSR count). The standard InChI is InChI=1S/C24H31N5O3/c25-26-17-18-1-5-20(6-2-18)27-13-15-28(16-14-27)21-9-11-29(12-10-21)23(24(31)32)19-3-7-22(30)8-4-19/h1-8,17,21,23,30H,9-16,25H2,(H,31,32). The summed E-state index contributed by atoms with van der Waals surface area (Å²) in [6.07, 6.45) is 3.58. The van der Waals surface area contributed by atoms with Gasteiger partial charge in [0.05, 0.1) is 6.21 Å². The number of hydrogen-bond donors (Lipinski definition) is 3. The molecule has 2 aliphatic heterocycles. The molecule has 2 fully saturated rings. The zero-order chi connectivity index (χ0) is 22.5. The maximum absolute atomic E-state index is 12.0. The first kappa shape index (κ1) is 22.1. The van der Waals surface area contributed by atoms with Crippen molar-refractivity contribution in [2.45, 2.75) is 24.9 Å². The number of phenolic OH excluding ortho intramolecular Hbond substituents is 1. The quantitative estimate of drug-likeness (QED) is 0.361. The minimum atomic E-state index is -0.841. The van der Waals surface area contributed by atoms with Crippen molar-refractivity contribution in [1.29, 1.82) is 0 Å². The van der Waals surface area contributed by atoms with Gasteiger partial charge in [-0.25, -0.2) is 0 Å². The number of piperazine rings is 1. The van der Waals surface area contributed by atoms with E-state index in [0.29, 0.717) is 11.6 Å². The van der Waals surface area contributed by atoms with Gasteiger partial charge >= 0.3 is 5.97 Å². The first-order chi connectivity index (χ1) is 15.5. The molecule has 0 saturated carbocycles. The second kappa shape index (κ2) is 10.0. The Morgan fingerprint density at radius 1 is 0.969 bits per heavy atom. The highest BCUT2D eigenvalue weighted by Crippen LogP contribution is 2.28. The second-order valence-electron chi connectivity index (χ2n) is 8.49. The van der Waals surface area contributed by atoms with Crippen LogP contribution in [-0.4, -0.2) is 77.5 Å². The van der Waals surface area contributed by atoms with E-state index in [-0.39, 0.29) is 5.75 Å². The molecule has 0 radical (unpaired) electrons. The second-order valence-corrected chi connectivity index (χ2v) is 8.49. The number of hydrogen-bond acceptors (Lipinski definition) is 7. The smallest absolute Gasteiger partial charge is 0.325 e. The maximum atomic E-state index is 12.0. The third kappa shape index (κ3) is 5.03. The van der Waals surface area contributed by atoms with E-state index in [9.17, 15) is 15.0 Å². The molecule has 8 heteroatoms. The molecule has 170 valence electrons. The van der Waals surface area contributed by atoms with Crippen LogP contribution in [0.4, 0.5) is 5.69 Å². The van der Waals surface area contributed by atoms with Crippen LogP contribution in [0.5, 0.6) is 5.75 Å². The van der Waals surface area contributed by atoms with Crippen molar-refractivity contribution in [2.24, 2.45) is 10.9 Å². The van der Waals surface area contributed by atoms with Gasteiger partial charge in [0, 0.05) is 51.0 Å². The molecule has 1 unspecified atom stereocenters. The number of nitrogens with zero attached hydrogens (tertiary/aromatic N) is 4. The molecule has 4 N–H and O–H groups in total. The van der Waals surface area contributed by atoms with Crippen molar-refractivity contribution in [1.82, 2.24) is 9.80 Å². The number of carbonyl (C=O) groups is 1. The van der Waals surface area contributed by atoms with Gasteiger partial charge in [-0.3, -0.25) is 14.6 Å². The average Bonchev–Trinajstić information content (AvgIpc) is 2.82. The fourth-order valence-electron chi connectivity index (χ4n) is 4.88. The summed E-state index contributed by atoms with van der Waals surface area (Å²) in [6, 6.07) is 14.6.